The average molecular weight is 353 g/mol. The molecule has 0 aromatic carbocycles. The molecule has 7 nitrogen and oxygen atoms in total. The minimum atomic E-state index is -0.924. The van der Waals surface area contributed by atoms with Crippen LogP contribution in [0.1, 0.15) is 58.8 Å². The van der Waals surface area contributed by atoms with Gasteiger partial charge in [0, 0.05) is 19.1 Å². The number of carboxylic acid groups (broad SMARTS) is 1. The number of furan rings is 1. The van der Waals surface area contributed by atoms with Gasteiger partial charge in [0.25, 0.3) is 0 Å². The average Bonchev–Trinajstić information content (AvgIpc) is 3.13. The Balaban J connectivity index is 2.58. The molecule has 0 saturated carbocycles. The van der Waals surface area contributed by atoms with Gasteiger partial charge in [-0.25, -0.2) is 4.79 Å². The van der Waals surface area contributed by atoms with E-state index in [0.717, 1.165) is 12.2 Å². The number of rotatable bonds is 11. The topological polar surface area (TPSA) is 104 Å². The van der Waals surface area contributed by atoms with Gasteiger partial charge < -0.3 is 25.5 Å². The molecule has 0 radical (unpaired) electrons. The normalized spacial score (nSPS) is 13.9. The highest BCUT2D eigenvalue weighted by Gasteiger charge is 2.35. The fraction of sp³-hybridized carbons (Fsp3) is 0.667. The largest absolute Gasteiger partial charge is 0.481 e. The number of amides is 2. The molecule has 1 rings (SSSR count). The van der Waals surface area contributed by atoms with Crippen molar-refractivity contribution < 1.29 is 19.1 Å². The van der Waals surface area contributed by atoms with E-state index in [4.69, 9.17) is 4.42 Å². The zero-order chi connectivity index (χ0) is 18.9. The molecule has 142 valence electrons. The van der Waals surface area contributed by atoms with Gasteiger partial charge in [-0.05, 0) is 38.3 Å². The van der Waals surface area contributed by atoms with E-state index in [0.29, 0.717) is 19.4 Å². The summed E-state index contributed by atoms with van der Waals surface area (Å²) >= 11 is 0. The van der Waals surface area contributed by atoms with Gasteiger partial charge in [-0.2, -0.15) is 0 Å². The van der Waals surface area contributed by atoms with Gasteiger partial charge in [-0.1, -0.05) is 20.8 Å². The van der Waals surface area contributed by atoms with Crippen LogP contribution in [0.4, 0.5) is 4.79 Å². The van der Waals surface area contributed by atoms with Gasteiger partial charge in [-0.3, -0.25) is 4.79 Å². The maximum absolute atomic E-state index is 12.1. The van der Waals surface area contributed by atoms with E-state index in [1.165, 1.54) is 0 Å². The highest BCUT2D eigenvalue weighted by Crippen LogP contribution is 2.25. The van der Waals surface area contributed by atoms with Crippen LogP contribution < -0.4 is 16.0 Å². The maximum atomic E-state index is 12.1. The quantitative estimate of drug-likeness (QED) is 0.490. The second kappa shape index (κ2) is 10.1. The van der Waals surface area contributed by atoms with Gasteiger partial charge in [-0.15, -0.1) is 0 Å². The number of hydrogen-bond acceptors (Lipinski definition) is 4. The third kappa shape index (κ3) is 6.08. The predicted octanol–water partition coefficient (Wildman–Crippen LogP) is 2.90. The molecule has 4 N–H and O–H groups in total. The standard InChI is InChI=1S/C18H31N3O4/c1-5-13(4)21-14(15-9-8-10-25-15)11-19-17(24)20-12-18(6-2,7-3)16(22)23/h8-10,13-14,21H,5-7,11-12H2,1-4H3,(H,22,23)(H2,19,20,24). The second-order valence-electron chi connectivity index (χ2n) is 6.40. The third-order valence-corrected chi connectivity index (χ3v) is 4.85. The van der Waals surface area contributed by atoms with E-state index in [9.17, 15) is 14.7 Å². The van der Waals surface area contributed by atoms with E-state index in [2.05, 4.69) is 29.8 Å². The molecule has 2 atom stereocenters. The van der Waals surface area contributed by atoms with Crippen molar-refractivity contribution in [3.63, 3.8) is 0 Å². The summed E-state index contributed by atoms with van der Waals surface area (Å²) in [5.74, 6) is -0.132. The van der Waals surface area contributed by atoms with Crippen molar-refractivity contribution in [2.45, 2.75) is 59.0 Å². The van der Waals surface area contributed by atoms with Crippen molar-refractivity contribution in [3.05, 3.63) is 24.2 Å². The molecule has 1 aromatic heterocycles. The molecule has 0 fully saturated rings. The smallest absolute Gasteiger partial charge is 0.314 e. The van der Waals surface area contributed by atoms with Crippen LogP contribution in [0.25, 0.3) is 0 Å². The molecule has 2 unspecified atom stereocenters. The molecule has 0 aliphatic heterocycles. The molecule has 1 aromatic rings. The van der Waals surface area contributed by atoms with Gasteiger partial charge >= 0.3 is 12.0 Å². The van der Waals surface area contributed by atoms with E-state index in [-0.39, 0.29) is 24.7 Å². The van der Waals surface area contributed by atoms with Gasteiger partial charge in [0.1, 0.15) is 5.76 Å². The van der Waals surface area contributed by atoms with Crippen LogP contribution in [0.5, 0.6) is 0 Å². The summed E-state index contributed by atoms with van der Waals surface area (Å²) in [6.07, 6.45) is 3.48. The zero-order valence-electron chi connectivity index (χ0n) is 15.6. The lowest BCUT2D eigenvalue weighted by molar-refractivity contribution is -0.149. The zero-order valence-corrected chi connectivity index (χ0v) is 15.6. The van der Waals surface area contributed by atoms with Crippen LogP contribution in [0.15, 0.2) is 22.8 Å². The fourth-order valence-corrected chi connectivity index (χ4v) is 2.58. The molecule has 1 heterocycles. The summed E-state index contributed by atoms with van der Waals surface area (Å²) in [5.41, 5.74) is -0.924. The molecule has 25 heavy (non-hydrogen) atoms. The number of urea groups is 1. The first kappa shape index (κ1) is 21.0. The van der Waals surface area contributed by atoms with Crippen molar-refractivity contribution in [1.82, 2.24) is 16.0 Å². The number of aliphatic carboxylic acids is 1. The summed E-state index contributed by atoms with van der Waals surface area (Å²) in [5, 5.41) is 18.3. The molecule has 0 aliphatic carbocycles. The van der Waals surface area contributed by atoms with E-state index >= 15 is 0 Å². The Morgan fingerprint density at radius 2 is 1.92 bits per heavy atom. The Morgan fingerprint density at radius 3 is 2.40 bits per heavy atom. The van der Waals surface area contributed by atoms with E-state index in [1.807, 2.05) is 26.0 Å². The fourth-order valence-electron chi connectivity index (χ4n) is 2.58. The SMILES string of the molecule is CCC(C)NC(CNC(=O)NCC(CC)(CC)C(=O)O)c1ccco1. The van der Waals surface area contributed by atoms with Crippen LogP contribution in [-0.2, 0) is 4.79 Å². The third-order valence-electron chi connectivity index (χ3n) is 4.85. The van der Waals surface area contributed by atoms with Crippen molar-refractivity contribution in [2.75, 3.05) is 13.1 Å². The molecule has 0 spiro atoms. The summed E-state index contributed by atoms with van der Waals surface area (Å²) < 4.78 is 5.44. The Kier molecular flexibility index (Phi) is 8.48. The summed E-state index contributed by atoms with van der Waals surface area (Å²) in [6.45, 7) is 8.24. The Labute approximate surface area is 149 Å². The Bertz CT molecular complexity index is 526. The molecule has 0 aliphatic rings. The van der Waals surface area contributed by atoms with Crippen LogP contribution in [0, 0.1) is 5.41 Å². The van der Waals surface area contributed by atoms with Crippen LogP contribution in [0.3, 0.4) is 0 Å². The monoisotopic (exact) mass is 353 g/mol. The summed E-state index contributed by atoms with van der Waals surface area (Å²) in [6, 6.07) is 3.43. The molecular formula is C18H31N3O4. The van der Waals surface area contributed by atoms with Gasteiger partial charge in [0.2, 0.25) is 0 Å². The van der Waals surface area contributed by atoms with Crippen molar-refractivity contribution in [3.8, 4) is 0 Å². The summed E-state index contributed by atoms with van der Waals surface area (Å²) in [7, 11) is 0. The van der Waals surface area contributed by atoms with Crippen LogP contribution >= 0.6 is 0 Å². The van der Waals surface area contributed by atoms with E-state index in [1.54, 1.807) is 6.26 Å². The lowest BCUT2D eigenvalue weighted by Crippen LogP contribution is -2.47. The molecule has 7 heteroatoms. The molecular weight excluding hydrogens is 322 g/mol. The van der Waals surface area contributed by atoms with E-state index < -0.39 is 11.4 Å². The number of carbonyl (C=O) groups is 2. The highest BCUT2D eigenvalue weighted by atomic mass is 16.4. The van der Waals surface area contributed by atoms with Crippen LogP contribution in [-0.4, -0.2) is 36.2 Å². The minimum absolute atomic E-state index is 0.103. The highest BCUT2D eigenvalue weighted by molar-refractivity contribution is 5.78. The van der Waals surface area contributed by atoms with Crippen molar-refractivity contribution in [1.29, 1.82) is 0 Å². The first-order valence-corrected chi connectivity index (χ1v) is 8.93. The number of carboxylic acids is 1. The van der Waals surface area contributed by atoms with Gasteiger partial charge in [0.15, 0.2) is 0 Å². The molecule has 0 bridgehead atoms. The number of carbonyl (C=O) groups excluding carboxylic acids is 1. The molecule has 2 amide bonds. The number of hydrogen-bond donors (Lipinski definition) is 4. The maximum Gasteiger partial charge on any atom is 0.314 e. The van der Waals surface area contributed by atoms with Crippen LogP contribution in [0.2, 0.25) is 0 Å². The Hall–Kier alpha value is -2.02. The predicted molar refractivity (Wildman–Crippen MR) is 96.4 cm³/mol. The van der Waals surface area contributed by atoms with Crippen molar-refractivity contribution >= 4 is 12.0 Å². The van der Waals surface area contributed by atoms with Gasteiger partial charge in [0.05, 0.1) is 17.7 Å². The molecule has 0 saturated heterocycles. The first-order valence-electron chi connectivity index (χ1n) is 8.93. The minimum Gasteiger partial charge on any atom is -0.481 e. The van der Waals surface area contributed by atoms with Crippen molar-refractivity contribution in [2.24, 2.45) is 5.41 Å². The second-order valence-corrected chi connectivity index (χ2v) is 6.40. The number of nitrogens with one attached hydrogen (secondary N) is 3. The Morgan fingerprint density at radius 1 is 1.24 bits per heavy atom. The lowest BCUT2D eigenvalue weighted by atomic mass is 9.82. The lowest BCUT2D eigenvalue weighted by Gasteiger charge is -2.27. The summed E-state index contributed by atoms with van der Waals surface area (Å²) in [4.78, 5) is 23.6. The first-order chi connectivity index (χ1) is 11.9.